The molecule has 0 aliphatic heterocycles. The number of nitrogens with two attached hydrogens (primary N) is 1. The van der Waals surface area contributed by atoms with Gasteiger partial charge in [0.1, 0.15) is 6.23 Å². The lowest BCUT2D eigenvalue weighted by atomic mass is 10.1. The van der Waals surface area contributed by atoms with Gasteiger partial charge in [0.15, 0.2) is 0 Å². The Kier molecular flexibility index (Phi) is 3.77. The third-order valence-electron chi connectivity index (χ3n) is 1.70. The van der Waals surface area contributed by atoms with Crippen LogP contribution in [0.1, 0.15) is 5.56 Å². The Morgan fingerprint density at radius 2 is 2.08 bits per heavy atom. The van der Waals surface area contributed by atoms with Crippen molar-refractivity contribution in [2.45, 2.75) is 12.6 Å². The molecular formula is C10H14NO. The summed E-state index contributed by atoms with van der Waals surface area (Å²) in [5, 5.41) is 0. The molecule has 1 rings (SSSR count). The lowest BCUT2D eigenvalue weighted by Crippen LogP contribution is -2.23. The Morgan fingerprint density at radius 1 is 1.42 bits per heavy atom. The Hall–Kier alpha value is -0.860. The van der Waals surface area contributed by atoms with Crippen molar-refractivity contribution in [3.63, 3.8) is 0 Å². The molecule has 1 unspecified atom stereocenters. The van der Waals surface area contributed by atoms with E-state index in [-0.39, 0.29) is 6.23 Å². The zero-order valence-electron chi connectivity index (χ0n) is 7.23. The van der Waals surface area contributed by atoms with Gasteiger partial charge in [0.25, 0.3) is 0 Å². The fourth-order valence-electron chi connectivity index (χ4n) is 0.963. The third kappa shape index (κ3) is 3.03. The first-order valence-corrected chi connectivity index (χ1v) is 3.98. The van der Waals surface area contributed by atoms with Crippen molar-refractivity contribution in [1.29, 1.82) is 0 Å². The van der Waals surface area contributed by atoms with Gasteiger partial charge < -0.3 is 10.5 Å². The predicted molar refractivity (Wildman–Crippen MR) is 49.4 cm³/mol. The zero-order valence-corrected chi connectivity index (χ0v) is 7.23. The first-order valence-electron chi connectivity index (χ1n) is 3.98. The number of benzene rings is 1. The minimum Gasteiger partial charge on any atom is -0.367 e. The van der Waals surface area contributed by atoms with Crippen LogP contribution in [0.25, 0.3) is 0 Å². The van der Waals surface area contributed by atoms with Crippen LogP contribution in [0.2, 0.25) is 0 Å². The van der Waals surface area contributed by atoms with Gasteiger partial charge in [-0.15, -0.1) is 0 Å². The standard InChI is InChI=1S/C10H14NO/c1-12-10(11)8-7-9-5-3-2-4-6-9/h2-6,8,10H,7,11H2,1H3. The Morgan fingerprint density at radius 3 is 2.67 bits per heavy atom. The molecule has 12 heavy (non-hydrogen) atoms. The van der Waals surface area contributed by atoms with Crippen LogP contribution >= 0.6 is 0 Å². The van der Waals surface area contributed by atoms with E-state index in [4.69, 9.17) is 10.5 Å². The van der Waals surface area contributed by atoms with Crippen LogP contribution in [0.15, 0.2) is 30.3 Å². The Balaban J connectivity index is 2.33. The van der Waals surface area contributed by atoms with Crippen molar-refractivity contribution in [2.75, 3.05) is 7.11 Å². The highest BCUT2D eigenvalue weighted by Gasteiger charge is 1.99. The van der Waals surface area contributed by atoms with Gasteiger partial charge in [0.05, 0.1) is 0 Å². The van der Waals surface area contributed by atoms with Gasteiger partial charge in [-0.1, -0.05) is 30.3 Å². The molecule has 2 N–H and O–H groups in total. The van der Waals surface area contributed by atoms with Gasteiger partial charge >= 0.3 is 0 Å². The summed E-state index contributed by atoms with van der Waals surface area (Å²) in [6.45, 7) is 0. The maximum Gasteiger partial charge on any atom is 0.108 e. The number of rotatable bonds is 4. The summed E-state index contributed by atoms with van der Waals surface area (Å²) in [6, 6.07) is 10.2. The second-order valence-corrected chi connectivity index (χ2v) is 2.63. The third-order valence-corrected chi connectivity index (χ3v) is 1.70. The number of hydrogen-bond acceptors (Lipinski definition) is 2. The fourth-order valence-corrected chi connectivity index (χ4v) is 0.963. The molecule has 0 saturated heterocycles. The van der Waals surface area contributed by atoms with Crippen molar-refractivity contribution in [3.8, 4) is 0 Å². The smallest absolute Gasteiger partial charge is 0.108 e. The normalized spacial score (nSPS) is 12.8. The lowest BCUT2D eigenvalue weighted by molar-refractivity contribution is 0.132. The minimum absolute atomic E-state index is 0.259. The van der Waals surface area contributed by atoms with E-state index in [1.807, 2.05) is 24.6 Å². The van der Waals surface area contributed by atoms with Crippen LogP contribution in [0, 0.1) is 6.42 Å². The first-order chi connectivity index (χ1) is 5.83. The predicted octanol–water partition coefficient (Wildman–Crippen LogP) is 1.36. The van der Waals surface area contributed by atoms with E-state index in [1.54, 1.807) is 7.11 Å². The van der Waals surface area contributed by atoms with Crippen LogP contribution in [0.4, 0.5) is 0 Å². The van der Waals surface area contributed by atoms with Crippen molar-refractivity contribution >= 4 is 0 Å². The van der Waals surface area contributed by atoms with E-state index >= 15 is 0 Å². The molecule has 0 fully saturated rings. The van der Waals surface area contributed by atoms with Crippen molar-refractivity contribution in [2.24, 2.45) is 5.73 Å². The molecule has 1 atom stereocenters. The van der Waals surface area contributed by atoms with Gasteiger partial charge in [0, 0.05) is 13.5 Å². The molecule has 2 heteroatoms. The van der Waals surface area contributed by atoms with Crippen LogP contribution in [-0.2, 0) is 11.2 Å². The molecule has 0 amide bonds. The maximum atomic E-state index is 5.54. The Bertz CT molecular complexity index is 210. The molecule has 0 aliphatic carbocycles. The van der Waals surface area contributed by atoms with E-state index in [1.165, 1.54) is 5.56 Å². The number of methoxy groups -OCH3 is 1. The summed E-state index contributed by atoms with van der Waals surface area (Å²) < 4.78 is 4.89. The first kappa shape index (κ1) is 9.23. The van der Waals surface area contributed by atoms with Gasteiger partial charge in [-0.25, -0.2) is 0 Å². The topological polar surface area (TPSA) is 35.2 Å². The lowest BCUT2D eigenvalue weighted by Gasteiger charge is -2.07. The van der Waals surface area contributed by atoms with Gasteiger partial charge in [-0.05, 0) is 12.0 Å². The molecule has 0 aromatic heterocycles. The summed E-state index contributed by atoms with van der Waals surface area (Å²) >= 11 is 0. The second kappa shape index (κ2) is 4.91. The summed E-state index contributed by atoms with van der Waals surface area (Å²) in [4.78, 5) is 0. The van der Waals surface area contributed by atoms with Crippen molar-refractivity contribution in [3.05, 3.63) is 42.3 Å². The number of hydrogen-bond donors (Lipinski definition) is 1. The van der Waals surface area contributed by atoms with Gasteiger partial charge in [-0.3, -0.25) is 0 Å². The molecule has 0 saturated carbocycles. The van der Waals surface area contributed by atoms with Gasteiger partial charge in [0.2, 0.25) is 0 Å². The summed E-state index contributed by atoms with van der Waals surface area (Å²) in [6.07, 6.45) is 2.54. The largest absolute Gasteiger partial charge is 0.367 e. The molecule has 0 spiro atoms. The van der Waals surface area contributed by atoms with E-state index in [9.17, 15) is 0 Å². The Labute approximate surface area is 73.3 Å². The second-order valence-electron chi connectivity index (χ2n) is 2.63. The van der Waals surface area contributed by atoms with E-state index in [2.05, 4.69) is 12.1 Å². The average Bonchev–Trinajstić information content (AvgIpc) is 2.16. The van der Waals surface area contributed by atoms with Crippen LogP contribution in [-0.4, -0.2) is 13.3 Å². The van der Waals surface area contributed by atoms with Crippen molar-refractivity contribution < 1.29 is 4.74 Å². The van der Waals surface area contributed by atoms with E-state index in [0.717, 1.165) is 6.42 Å². The maximum absolute atomic E-state index is 5.54. The molecule has 1 aromatic rings. The quantitative estimate of drug-likeness (QED) is 0.682. The summed E-state index contributed by atoms with van der Waals surface area (Å²) in [7, 11) is 1.60. The van der Waals surface area contributed by atoms with Crippen molar-refractivity contribution in [1.82, 2.24) is 0 Å². The highest BCUT2D eigenvalue weighted by Crippen LogP contribution is 2.02. The highest BCUT2D eigenvalue weighted by molar-refractivity contribution is 5.16. The molecule has 0 bridgehead atoms. The highest BCUT2D eigenvalue weighted by atomic mass is 16.5. The monoisotopic (exact) mass is 164 g/mol. The fraction of sp³-hybridized carbons (Fsp3) is 0.300. The molecule has 1 aromatic carbocycles. The molecular weight excluding hydrogens is 150 g/mol. The number of ether oxygens (including phenoxy) is 1. The molecule has 65 valence electrons. The van der Waals surface area contributed by atoms with Crippen LogP contribution in [0.3, 0.4) is 0 Å². The molecule has 1 radical (unpaired) electrons. The minimum atomic E-state index is -0.259. The van der Waals surface area contributed by atoms with E-state index in [0.29, 0.717) is 0 Å². The average molecular weight is 164 g/mol. The van der Waals surface area contributed by atoms with Crippen LogP contribution < -0.4 is 5.73 Å². The summed E-state index contributed by atoms with van der Waals surface area (Å²) in [5.74, 6) is 0. The molecule has 2 nitrogen and oxygen atoms in total. The van der Waals surface area contributed by atoms with Gasteiger partial charge in [-0.2, -0.15) is 0 Å². The molecule has 0 heterocycles. The summed E-state index contributed by atoms with van der Waals surface area (Å²) in [5.41, 5.74) is 6.80. The molecule has 0 aliphatic rings. The SMILES string of the molecule is COC(N)[CH]Cc1ccccc1. The van der Waals surface area contributed by atoms with Crippen LogP contribution in [0.5, 0.6) is 0 Å². The van der Waals surface area contributed by atoms with E-state index < -0.39 is 0 Å². The zero-order chi connectivity index (χ0) is 8.81.